The Morgan fingerprint density at radius 1 is 1.37 bits per heavy atom. The second kappa shape index (κ2) is 5.39. The minimum Gasteiger partial charge on any atom is -0.478 e. The molecule has 3 N–H and O–H groups in total. The predicted octanol–water partition coefficient (Wildman–Crippen LogP) is 2.52. The number of aromatic nitrogens is 1. The highest BCUT2D eigenvalue weighted by atomic mass is 16.4. The first-order valence-corrected chi connectivity index (χ1v) is 5.95. The second-order valence-electron chi connectivity index (χ2n) is 4.02. The molecule has 19 heavy (non-hydrogen) atoms. The van der Waals surface area contributed by atoms with Gasteiger partial charge in [-0.05, 0) is 25.1 Å². The molecular formula is C14H15N3O2. The molecule has 0 spiro atoms. The lowest BCUT2D eigenvalue weighted by molar-refractivity contribution is 0.0697. The summed E-state index contributed by atoms with van der Waals surface area (Å²) in [5.41, 5.74) is 6.94. The summed E-state index contributed by atoms with van der Waals surface area (Å²) >= 11 is 0. The van der Waals surface area contributed by atoms with E-state index in [9.17, 15) is 9.90 Å². The molecule has 0 aliphatic rings. The van der Waals surface area contributed by atoms with Crippen molar-refractivity contribution in [3.05, 3.63) is 48.2 Å². The number of carboxylic acids is 1. The van der Waals surface area contributed by atoms with E-state index in [0.717, 1.165) is 5.69 Å². The largest absolute Gasteiger partial charge is 0.478 e. The molecule has 1 aromatic heterocycles. The molecule has 1 heterocycles. The van der Waals surface area contributed by atoms with E-state index in [1.807, 2.05) is 42.2 Å². The van der Waals surface area contributed by atoms with Gasteiger partial charge in [-0.15, -0.1) is 0 Å². The van der Waals surface area contributed by atoms with E-state index in [0.29, 0.717) is 18.1 Å². The molecule has 0 saturated heterocycles. The summed E-state index contributed by atoms with van der Waals surface area (Å²) in [5, 5.41) is 9.26. The molecular weight excluding hydrogens is 242 g/mol. The van der Waals surface area contributed by atoms with Gasteiger partial charge in [0.05, 0.1) is 11.9 Å². The molecule has 1 aromatic carbocycles. The zero-order valence-corrected chi connectivity index (χ0v) is 10.6. The van der Waals surface area contributed by atoms with Gasteiger partial charge in [-0.2, -0.15) is 0 Å². The fourth-order valence-corrected chi connectivity index (χ4v) is 1.91. The normalized spacial score (nSPS) is 10.2. The lowest BCUT2D eigenvalue weighted by atomic mass is 10.2. The molecule has 0 radical (unpaired) electrons. The molecule has 0 bridgehead atoms. The van der Waals surface area contributed by atoms with Crippen LogP contribution in [0.2, 0.25) is 0 Å². The fraction of sp³-hybridized carbons (Fsp3) is 0.143. The summed E-state index contributed by atoms with van der Waals surface area (Å²) in [4.78, 5) is 17.3. The zero-order chi connectivity index (χ0) is 13.8. The minimum atomic E-state index is -1.04. The van der Waals surface area contributed by atoms with Crippen LogP contribution in [-0.2, 0) is 0 Å². The van der Waals surface area contributed by atoms with Crippen LogP contribution >= 0.6 is 0 Å². The second-order valence-corrected chi connectivity index (χ2v) is 4.02. The van der Waals surface area contributed by atoms with Gasteiger partial charge in [-0.3, -0.25) is 0 Å². The molecule has 0 fully saturated rings. The number of hydrogen-bond acceptors (Lipinski definition) is 4. The molecule has 2 aromatic rings. The number of benzene rings is 1. The number of hydrogen-bond donors (Lipinski definition) is 2. The number of carboxylic acid groups (broad SMARTS) is 1. The van der Waals surface area contributed by atoms with Gasteiger partial charge >= 0.3 is 5.97 Å². The summed E-state index contributed by atoms with van der Waals surface area (Å²) < 4.78 is 0. The first-order valence-electron chi connectivity index (χ1n) is 5.95. The fourth-order valence-electron chi connectivity index (χ4n) is 1.91. The number of anilines is 3. The van der Waals surface area contributed by atoms with Crippen LogP contribution in [0.1, 0.15) is 17.3 Å². The van der Waals surface area contributed by atoms with Crippen molar-refractivity contribution >= 4 is 23.2 Å². The van der Waals surface area contributed by atoms with Gasteiger partial charge in [-0.1, -0.05) is 18.2 Å². The molecule has 0 saturated carbocycles. The summed E-state index contributed by atoms with van der Waals surface area (Å²) in [6.07, 6.45) is 1.47. The van der Waals surface area contributed by atoms with Crippen LogP contribution in [0.25, 0.3) is 0 Å². The number of nitrogens with two attached hydrogens (primary N) is 1. The first-order chi connectivity index (χ1) is 9.13. The van der Waals surface area contributed by atoms with E-state index in [1.54, 1.807) is 0 Å². The summed E-state index contributed by atoms with van der Waals surface area (Å²) in [6, 6.07) is 11.0. The zero-order valence-electron chi connectivity index (χ0n) is 10.6. The standard InChI is InChI=1S/C14H15N3O2/c1-2-17(11-6-4-3-5-7-11)13-12(14(18)19)8-10(15)9-16-13/h3-9H,2,15H2,1H3,(H,18,19). The van der Waals surface area contributed by atoms with Gasteiger partial charge in [0.25, 0.3) is 0 Å². The van der Waals surface area contributed by atoms with Crippen LogP contribution in [0, 0.1) is 0 Å². The van der Waals surface area contributed by atoms with Crippen LogP contribution in [0.15, 0.2) is 42.6 Å². The van der Waals surface area contributed by atoms with E-state index >= 15 is 0 Å². The number of carbonyl (C=O) groups is 1. The smallest absolute Gasteiger partial charge is 0.339 e. The maximum Gasteiger partial charge on any atom is 0.339 e. The van der Waals surface area contributed by atoms with Crippen molar-refractivity contribution in [2.45, 2.75) is 6.92 Å². The lowest BCUT2D eigenvalue weighted by Crippen LogP contribution is -2.20. The lowest BCUT2D eigenvalue weighted by Gasteiger charge is -2.23. The highest BCUT2D eigenvalue weighted by Crippen LogP contribution is 2.27. The first kappa shape index (κ1) is 12.9. The quantitative estimate of drug-likeness (QED) is 0.879. The van der Waals surface area contributed by atoms with Crippen molar-refractivity contribution in [3.63, 3.8) is 0 Å². The highest BCUT2D eigenvalue weighted by molar-refractivity contribution is 5.95. The van der Waals surface area contributed by atoms with Crippen molar-refractivity contribution < 1.29 is 9.90 Å². The van der Waals surface area contributed by atoms with Gasteiger partial charge in [0.2, 0.25) is 0 Å². The summed E-state index contributed by atoms with van der Waals surface area (Å²) in [5.74, 6) is -0.639. The number of para-hydroxylation sites is 1. The van der Waals surface area contributed by atoms with Crippen molar-refractivity contribution in [3.8, 4) is 0 Å². The Morgan fingerprint density at radius 3 is 2.63 bits per heavy atom. The Bertz CT molecular complexity index is 584. The van der Waals surface area contributed by atoms with Crippen LogP contribution in [-0.4, -0.2) is 22.6 Å². The third-order valence-electron chi connectivity index (χ3n) is 2.76. The van der Waals surface area contributed by atoms with Crippen LogP contribution < -0.4 is 10.6 Å². The monoisotopic (exact) mass is 257 g/mol. The van der Waals surface area contributed by atoms with Gasteiger partial charge in [-0.25, -0.2) is 9.78 Å². The minimum absolute atomic E-state index is 0.103. The SMILES string of the molecule is CCN(c1ccccc1)c1ncc(N)cc1C(=O)O. The van der Waals surface area contributed by atoms with Crippen molar-refractivity contribution in [2.75, 3.05) is 17.2 Å². The van der Waals surface area contributed by atoms with Crippen LogP contribution in [0.4, 0.5) is 17.2 Å². The van der Waals surface area contributed by atoms with E-state index in [2.05, 4.69) is 4.98 Å². The Kier molecular flexibility index (Phi) is 3.66. The van der Waals surface area contributed by atoms with Crippen molar-refractivity contribution in [1.29, 1.82) is 0 Å². The topological polar surface area (TPSA) is 79.5 Å². The van der Waals surface area contributed by atoms with Gasteiger partial charge in [0.15, 0.2) is 0 Å². The molecule has 0 aliphatic carbocycles. The maximum atomic E-state index is 11.3. The molecule has 2 rings (SSSR count). The molecule has 5 nitrogen and oxygen atoms in total. The van der Waals surface area contributed by atoms with Crippen LogP contribution in [0.5, 0.6) is 0 Å². The predicted molar refractivity (Wildman–Crippen MR) is 74.7 cm³/mol. The average Bonchev–Trinajstić information content (AvgIpc) is 2.42. The van der Waals surface area contributed by atoms with Gasteiger partial charge < -0.3 is 15.7 Å². The number of rotatable bonds is 4. The van der Waals surface area contributed by atoms with Crippen molar-refractivity contribution in [1.82, 2.24) is 4.98 Å². The Hall–Kier alpha value is -2.56. The molecule has 0 unspecified atom stereocenters. The van der Waals surface area contributed by atoms with E-state index < -0.39 is 5.97 Å². The van der Waals surface area contributed by atoms with Gasteiger partial charge in [0, 0.05) is 12.2 Å². The average molecular weight is 257 g/mol. The Labute approximate surface area is 111 Å². The Morgan fingerprint density at radius 2 is 2.05 bits per heavy atom. The third-order valence-corrected chi connectivity index (χ3v) is 2.76. The van der Waals surface area contributed by atoms with E-state index in [4.69, 9.17) is 5.73 Å². The summed E-state index contributed by atoms with van der Waals surface area (Å²) in [6.45, 7) is 2.55. The molecule has 5 heteroatoms. The molecule has 98 valence electrons. The molecule has 0 amide bonds. The van der Waals surface area contributed by atoms with Gasteiger partial charge in [0.1, 0.15) is 11.4 Å². The number of nitrogen functional groups attached to an aromatic ring is 1. The number of aromatic carboxylic acids is 1. The molecule has 0 aliphatic heterocycles. The van der Waals surface area contributed by atoms with E-state index in [1.165, 1.54) is 12.3 Å². The third kappa shape index (κ3) is 2.65. The number of nitrogens with zero attached hydrogens (tertiary/aromatic N) is 2. The summed E-state index contributed by atoms with van der Waals surface area (Å²) in [7, 11) is 0. The van der Waals surface area contributed by atoms with Crippen molar-refractivity contribution in [2.24, 2.45) is 0 Å². The molecule has 0 atom stereocenters. The highest BCUT2D eigenvalue weighted by Gasteiger charge is 2.18. The van der Waals surface area contributed by atoms with E-state index in [-0.39, 0.29) is 5.56 Å². The number of pyridine rings is 1. The van der Waals surface area contributed by atoms with Crippen LogP contribution in [0.3, 0.4) is 0 Å². The Balaban J connectivity index is 2.53. The maximum absolute atomic E-state index is 11.3.